The van der Waals surface area contributed by atoms with Gasteiger partial charge in [-0.2, -0.15) is 9.50 Å². The number of rotatable bonds is 10. The van der Waals surface area contributed by atoms with Crippen molar-refractivity contribution in [3.05, 3.63) is 51.8 Å². The van der Waals surface area contributed by atoms with Gasteiger partial charge in [0.05, 0.1) is 24.8 Å². The highest BCUT2D eigenvalue weighted by Crippen LogP contribution is 2.29. The number of thiol groups is 1. The molecule has 1 aliphatic heterocycles. The third-order valence-electron chi connectivity index (χ3n) is 7.00. The predicted molar refractivity (Wildman–Crippen MR) is 157 cm³/mol. The van der Waals surface area contributed by atoms with Crippen LogP contribution in [-0.4, -0.2) is 80.4 Å². The van der Waals surface area contributed by atoms with E-state index in [9.17, 15) is 13.6 Å². The number of furan rings is 1. The minimum atomic E-state index is -0.692. The number of nitrogens with zero attached hydrogens (tertiary/aromatic N) is 7. The molecular weight excluding hydrogens is 574 g/mol. The van der Waals surface area contributed by atoms with Crippen molar-refractivity contribution in [3.8, 4) is 17.3 Å². The maximum atomic E-state index is 14.7. The van der Waals surface area contributed by atoms with Crippen LogP contribution in [0, 0.1) is 11.6 Å². The van der Waals surface area contributed by atoms with Crippen LogP contribution in [0.2, 0.25) is 0 Å². The van der Waals surface area contributed by atoms with Crippen LogP contribution in [0.4, 0.5) is 20.4 Å². The molecule has 2 N–H and O–H groups in total. The first-order valence-corrected chi connectivity index (χ1v) is 15.5. The normalized spacial score (nSPS) is 14.5. The van der Waals surface area contributed by atoms with Crippen LogP contribution in [0.5, 0.6) is 5.75 Å². The summed E-state index contributed by atoms with van der Waals surface area (Å²) in [6.07, 6.45) is 4.39. The minimum Gasteiger partial charge on any atom is -0.490 e. The predicted octanol–water partition coefficient (Wildman–Crippen LogP) is 2.66. The number of piperazine rings is 1. The molecule has 0 radical (unpaired) electrons. The van der Waals surface area contributed by atoms with Crippen molar-refractivity contribution < 1.29 is 17.9 Å². The van der Waals surface area contributed by atoms with Crippen LogP contribution < -0.4 is 20.2 Å². The lowest BCUT2D eigenvalue weighted by Gasteiger charge is -2.36. The lowest BCUT2D eigenvalue weighted by molar-refractivity contribution is 0.247. The second-order valence-electron chi connectivity index (χ2n) is 9.60. The second kappa shape index (κ2) is 11.7. The van der Waals surface area contributed by atoms with E-state index in [-0.39, 0.29) is 16.6 Å². The molecule has 0 spiro atoms. The molecule has 41 heavy (non-hydrogen) atoms. The Morgan fingerprint density at radius 1 is 1.12 bits per heavy atom. The van der Waals surface area contributed by atoms with Crippen molar-refractivity contribution in [2.24, 2.45) is 0 Å². The Morgan fingerprint density at radius 3 is 2.71 bits per heavy atom. The lowest BCUT2D eigenvalue weighted by atomic mass is 10.2. The van der Waals surface area contributed by atoms with Gasteiger partial charge in [-0.05, 0) is 23.9 Å². The van der Waals surface area contributed by atoms with Gasteiger partial charge in [-0.25, -0.2) is 13.8 Å². The fourth-order valence-electron chi connectivity index (χ4n) is 4.87. The molecule has 1 aliphatic rings. The Hall–Kier alpha value is -3.69. The number of nitrogens with two attached hydrogens (primary N) is 1. The molecule has 1 fully saturated rings. The summed E-state index contributed by atoms with van der Waals surface area (Å²) in [5, 5.41) is 4.38. The maximum absolute atomic E-state index is 14.7. The Labute approximate surface area is 241 Å². The smallest absolute Gasteiger partial charge is 0.309 e. The highest BCUT2D eigenvalue weighted by Gasteiger charge is 2.23. The van der Waals surface area contributed by atoms with Gasteiger partial charge in [-0.1, -0.05) is 11.3 Å². The number of aromatic nitrogens is 5. The van der Waals surface area contributed by atoms with Gasteiger partial charge in [-0.15, -0.1) is 5.10 Å². The Kier molecular flexibility index (Phi) is 7.81. The van der Waals surface area contributed by atoms with Gasteiger partial charge in [0.25, 0.3) is 0 Å². The number of halogens is 2. The van der Waals surface area contributed by atoms with Crippen molar-refractivity contribution in [2.75, 3.05) is 62.0 Å². The highest BCUT2D eigenvalue weighted by molar-refractivity contribution is 7.77. The Balaban J connectivity index is 1.13. The molecule has 0 unspecified atom stereocenters. The number of hydrogen-bond donors (Lipinski definition) is 1. The third kappa shape index (κ3) is 5.48. The molecule has 0 bridgehead atoms. The van der Waals surface area contributed by atoms with E-state index in [2.05, 4.69) is 26.2 Å². The summed E-state index contributed by atoms with van der Waals surface area (Å²) in [5.74, 6) is 0.702. The number of ether oxygens (including phenoxy) is 1. The van der Waals surface area contributed by atoms with Crippen LogP contribution in [0.25, 0.3) is 27.6 Å². The summed E-state index contributed by atoms with van der Waals surface area (Å²) in [7, 11) is 0. The van der Waals surface area contributed by atoms with Gasteiger partial charge in [0.15, 0.2) is 28.6 Å². The fourth-order valence-corrected chi connectivity index (χ4v) is 6.24. The first-order chi connectivity index (χ1) is 19.9. The average molecular weight is 604 g/mol. The summed E-state index contributed by atoms with van der Waals surface area (Å²) in [6, 6.07) is 5.84. The van der Waals surface area contributed by atoms with Crippen molar-refractivity contribution in [1.82, 2.24) is 29.0 Å². The van der Waals surface area contributed by atoms with E-state index in [4.69, 9.17) is 14.9 Å². The number of nitrogen functional groups attached to an aromatic ring is 1. The zero-order valence-electron chi connectivity index (χ0n) is 22.3. The molecule has 5 heterocycles. The van der Waals surface area contributed by atoms with Crippen molar-refractivity contribution in [2.45, 2.75) is 13.0 Å². The van der Waals surface area contributed by atoms with Crippen LogP contribution >= 0.6 is 11.3 Å². The second-order valence-corrected chi connectivity index (χ2v) is 11.6. The van der Waals surface area contributed by atoms with E-state index >= 15 is 0 Å². The molecule has 11 nitrogen and oxygen atoms in total. The topological polar surface area (TPSA) is 120 Å². The summed E-state index contributed by atoms with van der Waals surface area (Å²) in [6.45, 7) is 3.79. The zero-order valence-corrected chi connectivity index (χ0v) is 24.0. The van der Waals surface area contributed by atoms with Crippen molar-refractivity contribution in [1.29, 1.82) is 0 Å². The average Bonchev–Trinajstić information content (AvgIpc) is 3.71. The fraction of sp³-hybridized carbons (Fsp3) is 0.385. The number of hydrogen-bond acceptors (Lipinski definition) is 10. The highest BCUT2D eigenvalue weighted by atomic mass is 32.2. The van der Waals surface area contributed by atoms with Crippen LogP contribution in [0.15, 0.2) is 39.7 Å². The van der Waals surface area contributed by atoms with Gasteiger partial charge >= 0.3 is 4.87 Å². The van der Waals surface area contributed by atoms with E-state index in [1.165, 1.54) is 28.6 Å². The zero-order chi connectivity index (χ0) is 28.5. The minimum absolute atomic E-state index is 0.0742. The standard InChI is InChI=1S/C26H28F2N8O3S2/c1-40-13-3-12-39-20-15-18(16(27)14-17(20)28)34-8-5-33(6-9-34)7-10-35-23-21(41-26(35)37)24-30-22(19-4-2-11-38-19)32-36(24)25(29)31-23/h2,4,11,14-15H,3,5-10,12-13H2,1H3,(H2,29,31)/p+1. The van der Waals surface area contributed by atoms with E-state index in [1.807, 2.05) is 4.90 Å². The summed E-state index contributed by atoms with van der Waals surface area (Å²) in [5.41, 5.74) is 7.42. The summed E-state index contributed by atoms with van der Waals surface area (Å²) in [4.78, 5) is 25.9. The molecule has 216 valence electrons. The molecule has 0 saturated carbocycles. The van der Waals surface area contributed by atoms with Crippen molar-refractivity contribution in [3.63, 3.8) is 0 Å². The summed E-state index contributed by atoms with van der Waals surface area (Å²) >= 11 is 2.30. The Bertz CT molecular complexity index is 1730. The first kappa shape index (κ1) is 27.5. The number of fused-ring (bicyclic) bond motifs is 3. The Morgan fingerprint density at radius 2 is 1.95 bits per heavy atom. The molecule has 1 aromatic carbocycles. The number of thiazole rings is 1. The van der Waals surface area contributed by atoms with E-state index in [0.29, 0.717) is 79.1 Å². The van der Waals surface area contributed by atoms with Gasteiger partial charge in [0.2, 0.25) is 11.8 Å². The summed E-state index contributed by atoms with van der Waals surface area (Å²) < 4.78 is 43.6. The molecule has 5 aromatic rings. The van der Waals surface area contributed by atoms with Crippen LogP contribution in [0.3, 0.4) is 0 Å². The molecule has 4 aromatic heterocycles. The molecule has 0 atom stereocenters. The molecule has 15 heteroatoms. The van der Waals surface area contributed by atoms with Gasteiger partial charge in [0, 0.05) is 57.8 Å². The molecule has 1 saturated heterocycles. The first-order valence-electron chi connectivity index (χ1n) is 13.2. The van der Waals surface area contributed by atoms with Gasteiger partial charge in [0.1, 0.15) is 16.3 Å². The quantitative estimate of drug-likeness (QED) is 0.146. The largest absolute Gasteiger partial charge is 0.490 e. The van der Waals surface area contributed by atoms with Crippen LogP contribution in [0.1, 0.15) is 6.42 Å². The molecule has 6 rings (SSSR count). The monoisotopic (exact) mass is 603 g/mol. The lowest BCUT2D eigenvalue weighted by Crippen LogP contribution is -2.47. The SMILES string of the molecule is C[SH+]CCCOc1cc(N2CCN(CCn3c(=O)sc4c3nc(N)n3nc(-c5ccco5)nc43)CC2)c(F)cc1F. The molecule has 0 aliphatic carbocycles. The van der Waals surface area contributed by atoms with Gasteiger partial charge in [-0.3, -0.25) is 14.3 Å². The van der Waals surface area contributed by atoms with E-state index < -0.39 is 11.6 Å². The number of anilines is 2. The van der Waals surface area contributed by atoms with Crippen molar-refractivity contribution >= 4 is 50.7 Å². The van der Waals surface area contributed by atoms with E-state index in [0.717, 1.165) is 29.6 Å². The molecule has 0 amide bonds. The third-order valence-corrected chi connectivity index (χ3v) is 8.72. The maximum Gasteiger partial charge on any atom is 0.309 e. The van der Waals surface area contributed by atoms with E-state index in [1.54, 1.807) is 16.7 Å². The molecular formula is C26H29F2N8O3S2+. The van der Waals surface area contributed by atoms with Gasteiger partial charge < -0.3 is 19.8 Å². The van der Waals surface area contributed by atoms with Crippen LogP contribution in [-0.2, 0) is 18.3 Å². The number of benzene rings is 1.